The van der Waals surface area contributed by atoms with Crippen LogP contribution in [0.4, 0.5) is 9.18 Å². The summed E-state index contributed by atoms with van der Waals surface area (Å²) in [6.07, 6.45) is 0.777. The molecule has 4 nitrogen and oxygen atoms in total. The van der Waals surface area contributed by atoms with Crippen molar-refractivity contribution in [2.24, 2.45) is 11.7 Å². The molecule has 2 aromatic rings. The highest BCUT2D eigenvalue weighted by atomic mass is 19.1. The van der Waals surface area contributed by atoms with Gasteiger partial charge in [-0.15, -0.1) is 0 Å². The van der Waals surface area contributed by atoms with Gasteiger partial charge in [0.2, 0.25) is 0 Å². The zero-order valence-electron chi connectivity index (χ0n) is 13.6. The fourth-order valence-corrected chi connectivity index (χ4v) is 3.25. The summed E-state index contributed by atoms with van der Waals surface area (Å²) in [6, 6.07) is 10.5. The first-order valence-corrected chi connectivity index (χ1v) is 8.10. The number of nitrogens with one attached hydrogen (secondary N) is 1. The Kier molecular flexibility index (Phi) is 4.81. The zero-order valence-corrected chi connectivity index (χ0v) is 13.6. The fourth-order valence-electron chi connectivity index (χ4n) is 3.25. The van der Waals surface area contributed by atoms with Crippen LogP contribution in [-0.4, -0.2) is 19.2 Å². The molecule has 0 aromatic heterocycles. The van der Waals surface area contributed by atoms with Gasteiger partial charge in [-0.1, -0.05) is 29.8 Å². The molecule has 0 radical (unpaired) electrons. The molecule has 24 heavy (non-hydrogen) atoms. The van der Waals surface area contributed by atoms with E-state index in [1.807, 2.05) is 31.2 Å². The highest BCUT2D eigenvalue weighted by Gasteiger charge is 2.21. The molecule has 1 atom stereocenters. The van der Waals surface area contributed by atoms with E-state index >= 15 is 0 Å². The quantitative estimate of drug-likeness (QED) is 0.904. The van der Waals surface area contributed by atoms with Crippen LogP contribution in [0, 0.1) is 18.7 Å². The van der Waals surface area contributed by atoms with Gasteiger partial charge in [-0.3, -0.25) is 0 Å². The van der Waals surface area contributed by atoms with Crippen molar-refractivity contribution in [2.75, 3.05) is 13.1 Å². The van der Waals surface area contributed by atoms with E-state index in [9.17, 15) is 9.18 Å². The lowest BCUT2D eigenvalue weighted by Gasteiger charge is -2.17. The van der Waals surface area contributed by atoms with E-state index in [1.54, 1.807) is 0 Å². The van der Waals surface area contributed by atoms with E-state index in [-0.39, 0.29) is 5.82 Å². The fraction of sp³-hybridized carbons (Fsp3) is 0.316. The second-order valence-electron chi connectivity index (χ2n) is 6.30. The number of benzene rings is 2. The Morgan fingerprint density at radius 1 is 1.38 bits per heavy atom. The van der Waals surface area contributed by atoms with Crippen molar-refractivity contribution < 1.29 is 13.9 Å². The van der Waals surface area contributed by atoms with Crippen LogP contribution in [0.15, 0.2) is 36.4 Å². The predicted octanol–water partition coefficient (Wildman–Crippen LogP) is 3.41. The normalized spacial score (nSPS) is 17.0. The molecule has 0 spiro atoms. The number of hydrogen-bond donors (Lipinski definition) is 2. The zero-order chi connectivity index (χ0) is 17.1. The van der Waals surface area contributed by atoms with Crippen LogP contribution in [-0.2, 0) is 6.42 Å². The molecule has 3 N–H and O–H groups in total. The van der Waals surface area contributed by atoms with Crippen molar-refractivity contribution in [3.8, 4) is 16.9 Å². The summed E-state index contributed by atoms with van der Waals surface area (Å²) in [4.78, 5) is 11.4. The summed E-state index contributed by atoms with van der Waals surface area (Å²) in [6.45, 7) is 3.80. The molecule has 0 bridgehead atoms. The number of halogens is 1. The van der Waals surface area contributed by atoms with Crippen molar-refractivity contribution in [1.29, 1.82) is 0 Å². The van der Waals surface area contributed by atoms with Gasteiger partial charge in [0.1, 0.15) is 11.6 Å². The van der Waals surface area contributed by atoms with Gasteiger partial charge in [0.05, 0.1) is 0 Å². The maximum atomic E-state index is 14.2. The number of nitrogens with two attached hydrogens (primary N) is 1. The molecule has 0 aliphatic carbocycles. The number of carbonyl (C=O) groups is 1. The number of hydrogen-bond acceptors (Lipinski definition) is 3. The van der Waals surface area contributed by atoms with E-state index in [1.165, 1.54) is 12.1 Å². The first kappa shape index (κ1) is 16.5. The predicted molar refractivity (Wildman–Crippen MR) is 91.5 cm³/mol. The Hall–Kier alpha value is -2.40. The third-order valence-corrected chi connectivity index (χ3v) is 4.33. The van der Waals surface area contributed by atoms with Crippen LogP contribution in [0.3, 0.4) is 0 Å². The summed E-state index contributed by atoms with van der Waals surface area (Å²) in [5.74, 6) is 0.415. The number of aryl methyl sites for hydroxylation is 1. The summed E-state index contributed by atoms with van der Waals surface area (Å²) in [5, 5.41) is 3.30. The average molecular weight is 328 g/mol. The topological polar surface area (TPSA) is 64.3 Å². The lowest BCUT2D eigenvalue weighted by molar-refractivity contribution is 0.210. The van der Waals surface area contributed by atoms with Crippen molar-refractivity contribution in [2.45, 2.75) is 19.8 Å². The van der Waals surface area contributed by atoms with Gasteiger partial charge in [-0.05, 0) is 62.0 Å². The summed E-state index contributed by atoms with van der Waals surface area (Å²) >= 11 is 0. The molecule has 3 rings (SSSR count). The standard InChI is InChI=1S/C19H21FN2O2/c1-12-3-2-4-14(7-12)17-10-16(20)9-15(18(17)24-19(21)23)8-13-5-6-22-11-13/h2-4,7,9-10,13,22H,5-6,8,11H2,1H3,(H2,21,23)/t13-/m1/s1. The second-order valence-corrected chi connectivity index (χ2v) is 6.30. The smallest absolute Gasteiger partial charge is 0.409 e. The first-order chi connectivity index (χ1) is 11.5. The third-order valence-electron chi connectivity index (χ3n) is 4.33. The molecule has 0 unspecified atom stereocenters. The Morgan fingerprint density at radius 2 is 2.21 bits per heavy atom. The Balaban J connectivity index is 2.08. The van der Waals surface area contributed by atoms with Gasteiger partial charge in [-0.25, -0.2) is 9.18 Å². The van der Waals surface area contributed by atoms with E-state index in [0.717, 1.165) is 30.6 Å². The maximum Gasteiger partial charge on any atom is 0.409 e. The number of rotatable bonds is 4. The summed E-state index contributed by atoms with van der Waals surface area (Å²) < 4.78 is 19.5. The van der Waals surface area contributed by atoms with Gasteiger partial charge < -0.3 is 15.8 Å². The van der Waals surface area contributed by atoms with Crippen LogP contribution < -0.4 is 15.8 Å². The lowest BCUT2D eigenvalue weighted by atomic mass is 9.93. The van der Waals surface area contributed by atoms with Gasteiger partial charge in [-0.2, -0.15) is 0 Å². The highest BCUT2D eigenvalue weighted by molar-refractivity contribution is 5.78. The molecule has 1 aliphatic heterocycles. The van der Waals surface area contributed by atoms with Crippen molar-refractivity contribution >= 4 is 6.09 Å². The Labute approximate surface area is 140 Å². The Morgan fingerprint density at radius 3 is 2.88 bits per heavy atom. The molecule has 1 heterocycles. The molecular weight excluding hydrogens is 307 g/mol. The first-order valence-electron chi connectivity index (χ1n) is 8.10. The largest absolute Gasteiger partial charge is 0.410 e. The lowest BCUT2D eigenvalue weighted by Crippen LogP contribution is -2.19. The second kappa shape index (κ2) is 7.01. The maximum absolute atomic E-state index is 14.2. The third kappa shape index (κ3) is 3.74. The van der Waals surface area contributed by atoms with E-state index in [2.05, 4.69) is 5.32 Å². The SMILES string of the molecule is Cc1cccc(-c2cc(F)cc(C[C@H]3CCNC3)c2OC(N)=O)c1. The molecule has 0 saturated carbocycles. The van der Waals surface area contributed by atoms with E-state index in [0.29, 0.717) is 29.2 Å². The van der Waals surface area contributed by atoms with Gasteiger partial charge >= 0.3 is 6.09 Å². The highest BCUT2D eigenvalue weighted by Crippen LogP contribution is 2.36. The average Bonchev–Trinajstić information content (AvgIpc) is 3.02. The minimum absolute atomic E-state index is 0.343. The monoisotopic (exact) mass is 328 g/mol. The minimum Gasteiger partial charge on any atom is -0.410 e. The molecule has 2 aromatic carbocycles. The van der Waals surface area contributed by atoms with Crippen molar-refractivity contribution in [3.63, 3.8) is 0 Å². The number of ether oxygens (including phenoxy) is 1. The number of carbonyl (C=O) groups excluding carboxylic acids is 1. The molecular formula is C19H21FN2O2. The molecule has 1 amide bonds. The van der Waals surface area contributed by atoms with Gasteiger partial charge in [0.25, 0.3) is 0 Å². The van der Waals surface area contributed by atoms with Crippen LogP contribution in [0.5, 0.6) is 5.75 Å². The molecule has 126 valence electrons. The number of primary amides is 1. The summed E-state index contributed by atoms with van der Waals surface area (Å²) in [5.41, 5.74) is 8.33. The van der Waals surface area contributed by atoms with E-state index in [4.69, 9.17) is 10.5 Å². The molecule has 1 saturated heterocycles. The van der Waals surface area contributed by atoms with Crippen LogP contribution in [0.2, 0.25) is 0 Å². The van der Waals surface area contributed by atoms with Crippen LogP contribution >= 0.6 is 0 Å². The molecule has 1 aliphatic rings. The van der Waals surface area contributed by atoms with E-state index < -0.39 is 6.09 Å². The molecule has 1 fully saturated rings. The Bertz CT molecular complexity index is 755. The molecule has 5 heteroatoms. The minimum atomic E-state index is -0.888. The van der Waals surface area contributed by atoms with Crippen LogP contribution in [0.1, 0.15) is 17.5 Å². The van der Waals surface area contributed by atoms with Gasteiger partial charge in [0, 0.05) is 5.56 Å². The van der Waals surface area contributed by atoms with Gasteiger partial charge in [0.15, 0.2) is 0 Å². The number of amides is 1. The van der Waals surface area contributed by atoms with Crippen molar-refractivity contribution in [3.05, 3.63) is 53.3 Å². The summed E-state index contributed by atoms with van der Waals surface area (Å²) in [7, 11) is 0. The van der Waals surface area contributed by atoms with Crippen molar-refractivity contribution in [1.82, 2.24) is 5.32 Å². The van der Waals surface area contributed by atoms with Crippen LogP contribution in [0.25, 0.3) is 11.1 Å².